The molecule has 0 unspecified atom stereocenters. The highest BCUT2D eigenvalue weighted by molar-refractivity contribution is 6.03. The number of hydrogen-bond acceptors (Lipinski definition) is 7. The first-order chi connectivity index (χ1) is 18.7. The van der Waals surface area contributed by atoms with Crippen molar-refractivity contribution in [3.63, 3.8) is 0 Å². The van der Waals surface area contributed by atoms with Gasteiger partial charge in [0.05, 0.1) is 11.4 Å². The van der Waals surface area contributed by atoms with Crippen LogP contribution in [0.4, 0.5) is 22.1 Å². The van der Waals surface area contributed by atoms with E-state index in [4.69, 9.17) is 5.73 Å². The Balaban J connectivity index is 1.27. The molecule has 0 aliphatic rings. The van der Waals surface area contributed by atoms with E-state index in [-0.39, 0.29) is 0 Å². The Morgan fingerprint density at radius 3 is 2.18 bits per heavy atom. The summed E-state index contributed by atoms with van der Waals surface area (Å²) in [4.78, 5) is 21.4. The number of nitrogens with zero attached hydrogens (tertiary/aromatic N) is 6. The van der Waals surface area contributed by atoms with Crippen molar-refractivity contribution >= 4 is 29.1 Å². The Morgan fingerprint density at radius 1 is 0.711 bits per heavy atom. The van der Waals surface area contributed by atoms with Crippen molar-refractivity contribution in [3.8, 4) is 33.5 Å². The summed E-state index contributed by atoms with van der Waals surface area (Å²) >= 11 is 0. The molecule has 0 atom stereocenters. The van der Waals surface area contributed by atoms with Crippen molar-refractivity contribution in [2.45, 2.75) is 0 Å². The number of aromatic nitrogens is 6. The molecule has 3 aromatic carbocycles. The maximum Gasteiger partial charge on any atom is 0.324 e. The third-order valence-corrected chi connectivity index (χ3v) is 6.00. The number of hydrogen-bond donors (Lipinski definition) is 3. The SMILES string of the molecule is Nc1c(-c2ccccc2-c2ccccc2NC(=O)Nc2ccc(-c3ccccc3)nn2)cnc2ncnn12. The van der Waals surface area contributed by atoms with Crippen LogP contribution in [0, 0.1) is 0 Å². The lowest BCUT2D eigenvalue weighted by atomic mass is 9.94. The van der Waals surface area contributed by atoms with E-state index in [1.807, 2.05) is 84.9 Å². The number of nitrogens with one attached hydrogen (secondary N) is 2. The van der Waals surface area contributed by atoms with Crippen LogP contribution in [0.2, 0.25) is 0 Å². The zero-order valence-corrected chi connectivity index (χ0v) is 20.0. The van der Waals surface area contributed by atoms with Gasteiger partial charge >= 0.3 is 6.03 Å². The Kier molecular flexibility index (Phi) is 5.87. The zero-order chi connectivity index (χ0) is 25.9. The van der Waals surface area contributed by atoms with Gasteiger partial charge < -0.3 is 11.1 Å². The van der Waals surface area contributed by atoms with Crippen LogP contribution < -0.4 is 16.4 Å². The summed E-state index contributed by atoms with van der Waals surface area (Å²) in [5.74, 6) is 1.17. The lowest BCUT2D eigenvalue weighted by Gasteiger charge is -2.16. The van der Waals surface area contributed by atoms with E-state index in [9.17, 15) is 4.79 Å². The molecule has 0 fully saturated rings. The summed E-state index contributed by atoms with van der Waals surface area (Å²) in [5, 5.41) is 18.2. The number of fused-ring (bicyclic) bond motifs is 1. The lowest BCUT2D eigenvalue weighted by Crippen LogP contribution is -2.20. The molecule has 0 bridgehead atoms. The Labute approximate surface area is 217 Å². The van der Waals surface area contributed by atoms with Crippen molar-refractivity contribution in [2.75, 3.05) is 16.4 Å². The second kappa shape index (κ2) is 9.78. The van der Waals surface area contributed by atoms with Crippen LogP contribution in [0.3, 0.4) is 0 Å². The first kappa shape index (κ1) is 22.8. The molecule has 0 aliphatic heterocycles. The molecule has 0 radical (unpaired) electrons. The maximum atomic E-state index is 12.9. The summed E-state index contributed by atoms with van der Waals surface area (Å²) in [6, 6.07) is 28.1. The van der Waals surface area contributed by atoms with Crippen LogP contribution in [0.25, 0.3) is 39.3 Å². The van der Waals surface area contributed by atoms with E-state index in [2.05, 4.69) is 35.9 Å². The molecule has 3 aromatic heterocycles. The van der Waals surface area contributed by atoms with E-state index in [0.29, 0.717) is 28.7 Å². The van der Waals surface area contributed by atoms with Gasteiger partial charge in [-0.1, -0.05) is 72.8 Å². The second-order valence-electron chi connectivity index (χ2n) is 8.37. The minimum Gasteiger partial charge on any atom is -0.383 e. The van der Waals surface area contributed by atoms with Crippen molar-refractivity contribution in [2.24, 2.45) is 0 Å². The molecule has 0 saturated carbocycles. The van der Waals surface area contributed by atoms with Gasteiger partial charge in [-0.3, -0.25) is 5.32 Å². The molecule has 10 heteroatoms. The molecule has 0 spiro atoms. The Morgan fingerprint density at radius 2 is 1.42 bits per heavy atom. The highest BCUT2D eigenvalue weighted by atomic mass is 16.2. The first-order valence-electron chi connectivity index (χ1n) is 11.8. The van der Waals surface area contributed by atoms with E-state index in [1.54, 1.807) is 12.3 Å². The largest absolute Gasteiger partial charge is 0.383 e. The average Bonchev–Trinajstić information content (AvgIpc) is 3.45. The van der Waals surface area contributed by atoms with Gasteiger partial charge in [-0.05, 0) is 29.3 Å². The minimum atomic E-state index is -0.443. The molecule has 0 saturated heterocycles. The Hall–Kier alpha value is -5.64. The predicted molar refractivity (Wildman–Crippen MR) is 146 cm³/mol. The molecule has 0 aliphatic carbocycles. The quantitative estimate of drug-likeness (QED) is 0.299. The fourth-order valence-corrected chi connectivity index (χ4v) is 4.21. The van der Waals surface area contributed by atoms with Crippen LogP contribution in [0.5, 0.6) is 0 Å². The fraction of sp³-hybridized carbons (Fsp3) is 0. The molecule has 6 aromatic rings. The summed E-state index contributed by atoms with van der Waals surface area (Å²) in [5.41, 5.74) is 11.9. The zero-order valence-electron chi connectivity index (χ0n) is 20.0. The molecule has 38 heavy (non-hydrogen) atoms. The highest BCUT2D eigenvalue weighted by Crippen LogP contribution is 2.38. The van der Waals surface area contributed by atoms with Gasteiger partial charge in [0, 0.05) is 22.9 Å². The number of anilines is 3. The number of urea groups is 1. The van der Waals surface area contributed by atoms with Gasteiger partial charge in [-0.15, -0.1) is 10.2 Å². The van der Waals surface area contributed by atoms with Crippen LogP contribution in [0.15, 0.2) is 104 Å². The smallest absolute Gasteiger partial charge is 0.324 e. The summed E-state index contributed by atoms with van der Waals surface area (Å²) < 4.78 is 1.49. The summed E-state index contributed by atoms with van der Waals surface area (Å²) in [7, 11) is 0. The van der Waals surface area contributed by atoms with Crippen molar-refractivity contribution in [1.29, 1.82) is 0 Å². The number of carbonyl (C=O) groups is 1. The fourth-order valence-electron chi connectivity index (χ4n) is 4.21. The maximum absolute atomic E-state index is 12.9. The number of nitrogens with two attached hydrogens (primary N) is 1. The third kappa shape index (κ3) is 4.37. The lowest BCUT2D eigenvalue weighted by molar-refractivity contribution is 0.262. The van der Waals surface area contributed by atoms with Crippen LogP contribution in [-0.2, 0) is 0 Å². The monoisotopic (exact) mass is 499 g/mol. The molecule has 6 rings (SSSR count). The number of para-hydroxylation sites is 1. The van der Waals surface area contributed by atoms with E-state index in [0.717, 1.165) is 27.9 Å². The Bertz CT molecular complexity index is 1750. The van der Waals surface area contributed by atoms with Gasteiger partial charge in [0.2, 0.25) is 0 Å². The van der Waals surface area contributed by atoms with Gasteiger partial charge in [-0.25, -0.2) is 9.78 Å². The number of carbonyl (C=O) groups excluding carboxylic acids is 1. The third-order valence-electron chi connectivity index (χ3n) is 6.00. The number of rotatable bonds is 5. The second-order valence-corrected chi connectivity index (χ2v) is 8.37. The van der Waals surface area contributed by atoms with Crippen LogP contribution in [-0.4, -0.2) is 35.8 Å². The molecule has 2 amide bonds. The molecule has 4 N–H and O–H groups in total. The van der Waals surface area contributed by atoms with Crippen molar-refractivity contribution in [3.05, 3.63) is 104 Å². The van der Waals surface area contributed by atoms with E-state index in [1.165, 1.54) is 10.8 Å². The number of benzene rings is 3. The molecular weight excluding hydrogens is 478 g/mol. The van der Waals surface area contributed by atoms with E-state index >= 15 is 0 Å². The van der Waals surface area contributed by atoms with E-state index < -0.39 is 6.03 Å². The molecule has 3 heterocycles. The normalized spacial score (nSPS) is 10.8. The summed E-state index contributed by atoms with van der Waals surface area (Å²) in [6.45, 7) is 0. The van der Waals surface area contributed by atoms with Crippen molar-refractivity contribution in [1.82, 2.24) is 29.8 Å². The number of nitrogen functional groups attached to an aromatic ring is 1. The topological polar surface area (TPSA) is 136 Å². The van der Waals surface area contributed by atoms with Gasteiger partial charge in [0.1, 0.15) is 12.1 Å². The molecular formula is C28H21N9O. The highest BCUT2D eigenvalue weighted by Gasteiger charge is 2.16. The van der Waals surface area contributed by atoms with Gasteiger partial charge in [-0.2, -0.15) is 14.6 Å². The number of amides is 2. The predicted octanol–water partition coefficient (Wildman–Crippen LogP) is 5.14. The first-order valence-corrected chi connectivity index (χ1v) is 11.8. The van der Waals surface area contributed by atoms with Gasteiger partial charge in [0.15, 0.2) is 5.82 Å². The molecule has 10 nitrogen and oxygen atoms in total. The van der Waals surface area contributed by atoms with Crippen molar-refractivity contribution < 1.29 is 4.79 Å². The van der Waals surface area contributed by atoms with Crippen LogP contribution in [0.1, 0.15) is 0 Å². The summed E-state index contributed by atoms with van der Waals surface area (Å²) in [6.07, 6.45) is 3.09. The average molecular weight is 500 g/mol. The minimum absolute atomic E-state index is 0.333. The van der Waals surface area contributed by atoms with Gasteiger partial charge in [0.25, 0.3) is 5.78 Å². The standard InChI is InChI=1S/C28H21N9O/c29-26-22(16-30-27-31-17-32-37(26)27)20-11-5-4-10-19(20)21-12-6-7-13-24(21)33-28(38)34-25-15-14-23(35-36-25)18-8-2-1-3-9-18/h1-17H,29H2,(H2,33,34,36,38). The molecule has 184 valence electrons. The van der Waals surface area contributed by atoms with Crippen LogP contribution >= 0.6 is 0 Å².